The van der Waals surface area contributed by atoms with Gasteiger partial charge in [0.25, 0.3) is 5.91 Å². The van der Waals surface area contributed by atoms with Crippen molar-refractivity contribution in [2.75, 3.05) is 33.3 Å². The molecule has 0 N–H and O–H groups in total. The van der Waals surface area contributed by atoms with E-state index in [1.54, 1.807) is 24.1 Å². The molecule has 1 heterocycles. The van der Waals surface area contributed by atoms with Gasteiger partial charge in [0.2, 0.25) is 0 Å². The first-order valence-electron chi connectivity index (χ1n) is 8.27. The third-order valence-electron chi connectivity index (χ3n) is 4.45. The topological polar surface area (TPSA) is 32.8 Å². The smallest absolute Gasteiger partial charge is 0.255 e. The van der Waals surface area contributed by atoms with E-state index in [1.165, 1.54) is 12.1 Å². The molecule has 1 aliphatic heterocycles. The number of hydrogen-bond acceptors (Lipinski definition) is 3. The van der Waals surface area contributed by atoms with Gasteiger partial charge in [-0.3, -0.25) is 9.69 Å². The van der Waals surface area contributed by atoms with Crippen LogP contribution in [0.3, 0.4) is 0 Å². The number of benzene rings is 2. The van der Waals surface area contributed by atoms with E-state index < -0.39 is 5.82 Å². The van der Waals surface area contributed by atoms with Gasteiger partial charge in [0, 0.05) is 47.8 Å². The van der Waals surface area contributed by atoms with Crippen molar-refractivity contribution in [3.63, 3.8) is 0 Å². The lowest BCUT2D eigenvalue weighted by molar-refractivity contribution is 0.0626. The number of carbonyl (C=O) groups is 1. The third kappa shape index (κ3) is 4.37. The Kier molecular flexibility index (Phi) is 6.16. The summed E-state index contributed by atoms with van der Waals surface area (Å²) in [4.78, 5) is 16.7. The fourth-order valence-electron chi connectivity index (χ4n) is 3.05. The Balaban J connectivity index is 1.63. The van der Waals surface area contributed by atoms with Crippen molar-refractivity contribution in [2.45, 2.75) is 6.54 Å². The molecule has 0 spiro atoms. The molecular weight excluding hydrogens is 423 g/mol. The highest BCUT2D eigenvalue weighted by atomic mass is 79.9. The first-order chi connectivity index (χ1) is 12.5. The number of carbonyl (C=O) groups excluding carboxylic acids is 1. The van der Waals surface area contributed by atoms with Crippen LogP contribution in [0.1, 0.15) is 15.9 Å². The Hall–Kier alpha value is -1.63. The molecule has 0 bridgehead atoms. The van der Waals surface area contributed by atoms with Crippen LogP contribution in [0.15, 0.2) is 40.9 Å². The van der Waals surface area contributed by atoms with Crippen molar-refractivity contribution in [2.24, 2.45) is 0 Å². The van der Waals surface area contributed by atoms with Gasteiger partial charge in [-0.05, 0) is 52.3 Å². The van der Waals surface area contributed by atoms with Gasteiger partial charge in [-0.2, -0.15) is 0 Å². The average molecular weight is 442 g/mol. The summed E-state index contributed by atoms with van der Waals surface area (Å²) in [5, 5.41) is 0.672. The van der Waals surface area contributed by atoms with Gasteiger partial charge in [-0.1, -0.05) is 11.6 Å². The second-order valence-corrected chi connectivity index (χ2v) is 7.44. The molecule has 26 heavy (non-hydrogen) atoms. The van der Waals surface area contributed by atoms with Gasteiger partial charge in [0.05, 0.1) is 12.7 Å². The maximum absolute atomic E-state index is 13.5. The summed E-state index contributed by atoms with van der Waals surface area (Å²) in [6, 6.07) is 9.73. The van der Waals surface area contributed by atoms with Gasteiger partial charge in [0.15, 0.2) is 0 Å². The van der Waals surface area contributed by atoms with E-state index in [9.17, 15) is 9.18 Å². The molecule has 0 radical (unpaired) electrons. The highest BCUT2D eigenvalue weighted by Crippen LogP contribution is 2.25. The van der Waals surface area contributed by atoms with E-state index in [0.717, 1.165) is 24.4 Å². The van der Waals surface area contributed by atoms with E-state index in [4.69, 9.17) is 16.3 Å². The number of amides is 1. The maximum Gasteiger partial charge on any atom is 0.255 e. The van der Waals surface area contributed by atoms with E-state index in [-0.39, 0.29) is 5.91 Å². The van der Waals surface area contributed by atoms with Crippen LogP contribution >= 0.6 is 27.5 Å². The number of piperazine rings is 1. The molecule has 0 unspecified atom stereocenters. The van der Waals surface area contributed by atoms with Gasteiger partial charge >= 0.3 is 0 Å². The van der Waals surface area contributed by atoms with Gasteiger partial charge < -0.3 is 9.64 Å². The summed E-state index contributed by atoms with van der Waals surface area (Å²) in [6.07, 6.45) is 0. The SMILES string of the molecule is COc1ccc(Cl)cc1CN1CCN(C(=O)c2cc(F)ccc2Br)CC1. The van der Waals surface area contributed by atoms with E-state index in [0.29, 0.717) is 34.7 Å². The van der Waals surface area contributed by atoms with Crippen LogP contribution in [-0.2, 0) is 6.54 Å². The van der Waals surface area contributed by atoms with Crippen molar-refractivity contribution in [3.05, 3.63) is 62.8 Å². The molecule has 0 aromatic heterocycles. The number of rotatable bonds is 4. The van der Waals surface area contributed by atoms with Crippen molar-refractivity contribution < 1.29 is 13.9 Å². The van der Waals surface area contributed by atoms with Gasteiger partial charge in [0.1, 0.15) is 11.6 Å². The lowest BCUT2D eigenvalue weighted by Gasteiger charge is -2.35. The zero-order valence-electron chi connectivity index (χ0n) is 14.3. The monoisotopic (exact) mass is 440 g/mol. The van der Waals surface area contributed by atoms with Crippen molar-refractivity contribution >= 4 is 33.4 Å². The van der Waals surface area contributed by atoms with Crippen LogP contribution in [0.5, 0.6) is 5.75 Å². The molecule has 1 amide bonds. The zero-order valence-corrected chi connectivity index (χ0v) is 16.7. The molecular formula is C19H19BrClFN2O2. The highest BCUT2D eigenvalue weighted by molar-refractivity contribution is 9.10. The second-order valence-electron chi connectivity index (χ2n) is 6.15. The second kappa shape index (κ2) is 8.37. The highest BCUT2D eigenvalue weighted by Gasteiger charge is 2.24. The van der Waals surface area contributed by atoms with Gasteiger partial charge in [-0.15, -0.1) is 0 Å². The average Bonchev–Trinajstić information content (AvgIpc) is 2.64. The predicted molar refractivity (Wildman–Crippen MR) is 103 cm³/mol. The standard InChI is InChI=1S/C19H19BrClFN2O2/c1-26-18-5-2-14(21)10-13(18)12-23-6-8-24(9-7-23)19(25)16-11-15(22)3-4-17(16)20/h2-5,10-11H,6-9,12H2,1H3. The number of methoxy groups -OCH3 is 1. The molecule has 1 aliphatic rings. The minimum absolute atomic E-state index is 0.156. The molecule has 0 atom stereocenters. The Bertz CT molecular complexity index is 810. The lowest BCUT2D eigenvalue weighted by Crippen LogP contribution is -2.48. The molecule has 4 nitrogen and oxygen atoms in total. The molecule has 0 aliphatic carbocycles. The minimum Gasteiger partial charge on any atom is -0.496 e. The zero-order chi connectivity index (χ0) is 18.7. The molecule has 138 valence electrons. The summed E-state index contributed by atoms with van der Waals surface area (Å²) in [6.45, 7) is 3.34. The Morgan fingerprint density at radius 3 is 2.62 bits per heavy atom. The Morgan fingerprint density at radius 2 is 1.92 bits per heavy atom. The quantitative estimate of drug-likeness (QED) is 0.713. The van der Waals surface area contributed by atoms with Gasteiger partial charge in [-0.25, -0.2) is 4.39 Å². The number of nitrogens with zero attached hydrogens (tertiary/aromatic N) is 2. The largest absolute Gasteiger partial charge is 0.496 e. The Morgan fingerprint density at radius 1 is 1.19 bits per heavy atom. The summed E-state index contributed by atoms with van der Waals surface area (Å²) in [5.41, 5.74) is 1.38. The van der Waals surface area contributed by atoms with E-state index in [1.807, 2.05) is 12.1 Å². The minimum atomic E-state index is -0.414. The van der Waals surface area contributed by atoms with Crippen LogP contribution in [0.25, 0.3) is 0 Å². The Labute approximate surface area is 165 Å². The van der Waals surface area contributed by atoms with Crippen molar-refractivity contribution in [1.82, 2.24) is 9.80 Å². The first kappa shape index (κ1) is 19.1. The van der Waals surface area contributed by atoms with Crippen LogP contribution in [0, 0.1) is 5.82 Å². The number of ether oxygens (including phenoxy) is 1. The molecule has 2 aromatic rings. The predicted octanol–water partition coefficient (Wildman–Crippen LogP) is 4.21. The maximum atomic E-state index is 13.5. The lowest BCUT2D eigenvalue weighted by atomic mass is 10.1. The molecule has 1 fully saturated rings. The fraction of sp³-hybridized carbons (Fsp3) is 0.316. The van der Waals surface area contributed by atoms with Crippen LogP contribution in [-0.4, -0.2) is 49.0 Å². The van der Waals surface area contributed by atoms with Crippen molar-refractivity contribution in [3.8, 4) is 5.75 Å². The van der Waals surface area contributed by atoms with Crippen LogP contribution < -0.4 is 4.74 Å². The van der Waals surface area contributed by atoms with E-state index >= 15 is 0 Å². The fourth-order valence-corrected chi connectivity index (χ4v) is 3.66. The molecule has 0 saturated carbocycles. The van der Waals surface area contributed by atoms with Crippen molar-refractivity contribution in [1.29, 1.82) is 0 Å². The normalized spacial score (nSPS) is 15.2. The number of hydrogen-bond donors (Lipinski definition) is 0. The molecule has 1 saturated heterocycles. The molecule has 3 rings (SSSR count). The first-order valence-corrected chi connectivity index (χ1v) is 9.44. The number of halogens is 3. The molecule has 7 heteroatoms. The third-order valence-corrected chi connectivity index (χ3v) is 5.38. The van der Waals surface area contributed by atoms with Crippen LogP contribution in [0.4, 0.5) is 4.39 Å². The summed E-state index contributed by atoms with van der Waals surface area (Å²) in [7, 11) is 1.64. The summed E-state index contributed by atoms with van der Waals surface area (Å²) >= 11 is 9.42. The van der Waals surface area contributed by atoms with E-state index in [2.05, 4.69) is 20.8 Å². The summed E-state index contributed by atoms with van der Waals surface area (Å²) in [5.74, 6) is 0.233. The molecule has 2 aromatic carbocycles. The van der Waals surface area contributed by atoms with Crippen LogP contribution in [0.2, 0.25) is 5.02 Å². The summed E-state index contributed by atoms with van der Waals surface area (Å²) < 4.78 is 19.5.